The van der Waals surface area contributed by atoms with E-state index in [1.807, 2.05) is 23.9 Å². The van der Waals surface area contributed by atoms with E-state index in [1.165, 1.54) is 29.9 Å². The van der Waals surface area contributed by atoms with Crippen LogP contribution in [0, 0.1) is 11.3 Å². The molecule has 0 N–H and O–H groups in total. The van der Waals surface area contributed by atoms with Gasteiger partial charge in [-0.2, -0.15) is 17.0 Å². The lowest BCUT2D eigenvalue weighted by atomic mass is 9.93. The molecule has 1 aromatic rings. The van der Waals surface area contributed by atoms with E-state index in [0.717, 1.165) is 10.0 Å². The molecule has 0 aliphatic carbocycles. The normalized spacial score (nSPS) is 17.3. The average molecular weight is 282 g/mol. The van der Waals surface area contributed by atoms with Gasteiger partial charge in [-0.25, -0.2) is 0 Å². The maximum atomic E-state index is 8.79. The molecular weight excluding hydrogens is 270 g/mol. The first kappa shape index (κ1) is 11.0. The molecule has 0 radical (unpaired) electrons. The van der Waals surface area contributed by atoms with Gasteiger partial charge in [0.05, 0.1) is 11.6 Å². The van der Waals surface area contributed by atoms with Crippen molar-refractivity contribution in [3.63, 3.8) is 0 Å². The Kier molecular flexibility index (Phi) is 3.71. The van der Waals surface area contributed by atoms with Crippen LogP contribution in [0.15, 0.2) is 22.7 Å². The Morgan fingerprint density at radius 2 is 2.07 bits per heavy atom. The molecule has 1 fully saturated rings. The van der Waals surface area contributed by atoms with Crippen molar-refractivity contribution in [2.45, 2.75) is 18.8 Å². The molecule has 0 bridgehead atoms. The van der Waals surface area contributed by atoms with Gasteiger partial charge in [-0.3, -0.25) is 0 Å². The Morgan fingerprint density at radius 1 is 1.33 bits per heavy atom. The van der Waals surface area contributed by atoms with Crippen molar-refractivity contribution in [3.8, 4) is 6.07 Å². The molecular formula is C12H12BrNS. The zero-order valence-electron chi connectivity index (χ0n) is 8.37. The number of benzene rings is 1. The molecule has 78 valence electrons. The molecule has 3 heteroatoms. The summed E-state index contributed by atoms with van der Waals surface area (Å²) < 4.78 is 1.10. The third kappa shape index (κ3) is 2.56. The van der Waals surface area contributed by atoms with Crippen LogP contribution in [0.25, 0.3) is 0 Å². The van der Waals surface area contributed by atoms with Gasteiger partial charge in [-0.15, -0.1) is 0 Å². The Balaban J connectivity index is 2.24. The number of hydrogen-bond donors (Lipinski definition) is 0. The first-order chi connectivity index (χ1) is 7.31. The Labute approximate surface area is 103 Å². The highest BCUT2D eigenvalue weighted by molar-refractivity contribution is 9.10. The molecule has 0 unspecified atom stereocenters. The van der Waals surface area contributed by atoms with Gasteiger partial charge in [0.1, 0.15) is 0 Å². The first-order valence-electron chi connectivity index (χ1n) is 5.08. The smallest absolute Gasteiger partial charge is 0.0992 e. The predicted molar refractivity (Wildman–Crippen MR) is 68.2 cm³/mol. The van der Waals surface area contributed by atoms with Gasteiger partial charge in [0.25, 0.3) is 0 Å². The van der Waals surface area contributed by atoms with Crippen LogP contribution >= 0.6 is 27.7 Å². The lowest BCUT2D eigenvalue weighted by molar-refractivity contribution is 0.635. The van der Waals surface area contributed by atoms with Crippen molar-refractivity contribution in [3.05, 3.63) is 33.8 Å². The average Bonchev–Trinajstić information content (AvgIpc) is 2.30. The van der Waals surface area contributed by atoms with Gasteiger partial charge in [-0.1, -0.05) is 22.0 Å². The van der Waals surface area contributed by atoms with E-state index in [4.69, 9.17) is 5.26 Å². The van der Waals surface area contributed by atoms with Crippen molar-refractivity contribution in [1.29, 1.82) is 5.26 Å². The summed E-state index contributed by atoms with van der Waals surface area (Å²) in [5.74, 6) is 3.20. The van der Waals surface area contributed by atoms with Crippen LogP contribution in [-0.4, -0.2) is 11.5 Å². The molecule has 0 aromatic heterocycles. The number of nitrogens with zero attached hydrogens (tertiary/aromatic N) is 1. The van der Waals surface area contributed by atoms with Gasteiger partial charge < -0.3 is 0 Å². The number of nitriles is 1. The standard InChI is InChI=1S/C12H12BrNS/c13-12-7-9(8-14)1-2-11(12)10-3-5-15-6-4-10/h1-2,7,10H,3-6H2. The molecule has 2 rings (SSSR count). The van der Waals surface area contributed by atoms with E-state index in [-0.39, 0.29) is 0 Å². The SMILES string of the molecule is N#Cc1ccc(C2CCSCC2)c(Br)c1. The highest BCUT2D eigenvalue weighted by Gasteiger charge is 2.17. The molecule has 1 aromatic carbocycles. The molecule has 1 saturated heterocycles. The largest absolute Gasteiger partial charge is 0.192 e. The summed E-state index contributed by atoms with van der Waals surface area (Å²) in [5, 5.41) is 8.79. The summed E-state index contributed by atoms with van der Waals surface area (Å²) in [6.45, 7) is 0. The third-order valence-corrected chi connectivity index (χ3v) is 4.53. The van der Waals surface area contributed by atoms with Crippen LogP contribution in [-0.2, 0) is 0 Å². The number of thioether (sulfide) groups is 1. The van der Waals surface area contributed by atoms with Gasteiger partial charge in [0.15, 0.2) is 0 Å². The molecule has 1 aliphatic heterocycles. The van der Waals surface area contributed by atoms with E-state index in [0.29, 0.717) is 5.92 Å². The lowest BCUT2D eigenvalue weighted by Crippen LogP contribution is -2.08. The third-order valence-electron chi connectivity index (χ3n) is 2.79. The second-order valence-electron chi connectivity index (χ2n) is 3.73. The number of hydrogen-bond acceptors (Lipinski definition) is 2. The van der Waals surface area contributed by atoms with Crippen molar-refractivity contribution in [1.82, 2.24) is 0 Å². The minimum Gasteiger partial charge on any atom is -0.192 e. The topological polar surface area (TPSA) is 23.8 Å². The quantitative estimate of drug-likeness (QED) is 0.779. The summed E-state index contributed by atoms with van der Waals surface area (Å²) in [6.07, 6.45) is 2.52. The maximum absolute atomic E-state index is 8.79. The van der Waals surface area contributed by atoms with E-state index in [1.54, 1.807) is 0 Å². The van der Waals surface area contributed by atoms with E-state index in [9.17, 15) is 0 Å². The minimum absolute atomic E-state index is 0.674. The van der Waals surface area contributed by atoms with E-state index in [2.05, 4.69) is 28.1 Å². The second kappa shape index (κ2) is 5.05. The van der Waals surface area contributed by atoms with Crippen LogP contribution in [0.2, 0.25) is 0 Å². The zero-order chi connectivity index (χ0) is 10.7. The number of halogens is 1. The van der Waals surface area contributed by atoms with E-state index < -0.39 is 0 Å². The van der Waals surface area contributed by atoms with Crippen LogP contribution in [0.1, 0.15) is 29.9 Å². The summed E-state index contributed by atoms with van der Waals surface area (Å²) in [4.78, 5) is 0. The van der Waals surface area contributed by atoms with Gasteiger partial charge in [0, 0.05) is 4.47 Å². The minimum atomic E-state index is 0.674. The molecule has 1 aliphatic rings. The second-order valence-corrected chi connectivity index (χ2v) is 5.81. The predicted octanol–water partition coefficient (Wildman–Crippen LogP) is 3.93. The number of rotatable bonds is 1. The van der Waals surface area contributed by atoms with Crippen molar-refractivity contribution in [2.75, 3.05) is 11.5 Å². The monoisotopic (exact) mass is 281 g/mol. The summed E-state index contributed by atoms with van der Waals surface area (Å²) in [7, 11) is 0. The Bertz CT molecular complexity index is 391. The van der Waals surface area contributed by atoms with Gasteiger partial charge in [0.2, 0.25) is 0 Å². The van der Waals surface area contributed by atoms with Crippen LogP contribution in [0.3, 0.4) is 0 Å². The summed E-state index contributed by atoms with van der Waals surface area (Å²) in [6, 6.07) is 8.11. The molecule has 0 atom stereocenters. The van der Waals surface area contributed by atoms with Gasteiger partial charge in [-0.05, 0) is 48.0 Å². The van der Waals surface area contributed by atoms with Gasteiger partial charge >= 0.3 is 0 Å². The summed E-state index contributed by atoms with van der Waals surface area (Å²) in [5.41, 5.74) is 2.10. The fourth-order valence-corrected chi connectivity index (χ4v) is 3.75. The van der Waals surface area contributed by atoms with Crippen LogP contribution < -0.4 is 0 Å². The maximum Gasteiger partial charge on any atom is 0.0992 e. The Hall–Kier alpha value is -0.460. The molecule has 15 heavy (non-hydrogen) atoms. The molecule has 0 spiro atoms. The van der Waals surface area contributed by atoms with Crippen molar-refractivity contribution >= 4 is 27.7 Å². The summed E-state index contributed by atoms with van der Waals surface area (Å²) >= 11 is 5.60. The fourth-order valence-electron chi connectivity index (χ4n) is 1.94. The van der Waals surface area contributed by atoms with Crippen LogP contribution in [0.5, 0.6) is 0 Å². The van der Waals surface area contributed by atoms with Crippen LogP contribution in [0.4, 0.5) is 0 Å². The lowest BCUT2D eigenvalue weighted by Gasteiger charge is -2.22. The first-order valence-corrected chi connectivity index (χ1v) is 7.03. The fraction of sp³-hybridized carbons (Fsp3) is 0.417. The molecule has 1 nitrogen and oxygen atoms in total. The highest BCUT2D eigenvalue weighted by Crippen LogP contribution is 2.35. The highest BCUT2D eigenvalue weighted by atomic mass is 79.9. The zero-order valence-corrected chi connectivity index (χ0v) is 10.8. The molecule has 1 heterocycles. The van der Waals surface area contributed by atoms with E-state index >= 15 is 0 Å². The van der Waals surface area contributed by atoms with Crippen molar-refractivity contribution < 1.29 is 0 Å². The Morgan fingerprint density at radius 3 is 2.67 bits per heavy atom. The molecule has 0 amide bonds. The molecule has 0 saturated carbocycles. The van der Waals surface area contributed by atoms with Crippen molar-refractivity contribution in [2.24, 2.45) is 0 Å².